The van der Waals surface area contributed by atoms with E-state index in [2.05, 4.69) is 117 Å². The Morgan fingerprint density at radius 2 is 0.725 bits per heavy atom. The molecule has 6 rings (SSSR count). The van der Waals surface area contributed by atoms with Gasteiger partial charge in [0.15, 0.2) is 37.9 Å². The highest BCUT2D eigenvalue weighted by atomic mass is 79.9. The molecule has 0 aliphatic carbocycles. The molecule has 0 bridgehead atoms. The number of hydrogen-bond acceptors (Lipinski definition) is 2. The van der Waals surface area contributed by atoms with Crippen LogP contribution in [-0.2, 0) is 25.9 Å². The minimum Gasteiger partial charge on any atom is -1.00 e. The van der Waals surface area contributed by atoms with Gasteiger partial charge in [0.25, 0.3) is 0 Å². The molecule has 2 aliphatic rings. The highest BCUT2D eigenvalue weighted by Crippen LogP contribution is 2.19. The van der Waals surface area contributed by atoms with E-state index in [0.29, 0.717) is 0 Å². The van der Waals surface area contributed by atoms with Gasteiger partial charge in [-0.05, 0) is 49.7 Å². The van der Waals surface area contributed by atoms with Crippen molar-refractivity contribution in [2.75, 3.05) is 36.0 Å². The summed E-state index contributed by atoms with van der Waals surface area (Å²) in [6, 6.07) is 27.4. The third-order valence-corrected chi connectivity index (χ3v) is 8.17. The second-order valence-electron chi connectivity index (χ2n) is 11.0. The van der Waals surface area contributed by atoms with Crippen LogP contribution >= 0.6 is 0 Å². The van der Waals surface area contributed by atoms with Crippen molar-refractivity contribution in [2.24, 2.45) is 0 Å². The van der Waals surface area contributed by atoms with Crippen LogP contribution < -0.4 is 52.9 Å². The zero-order chi connectivity index (χ0) is 25.6. The second kappa shape index (κ2) is 14.8. The number of hydrogen-bond donors (Lipinski definition) is 0. The van der Waals surface area contributed by atoms with Crippen LogP contribution in [0.5, 0.6) is 0 Å². The monoisotopic (exact) mass is 662 g/mol. The lowest BCUT2D eigenvalue weighted by atomic mass is 10.0. The number of pyridine rings is 2. The van der Waals surface area contributed by atoms with Crippen LogP contribution in [0.3, 0.4) is 0 Å². The Morgan fingerprint density at radius 1 is 0.425 bits per heavy atom. The molecule has 40 heavy (non-hydrogen) atoms. The van der Waals surface area contributed by atoms with Crippen molar-refractivity contribution in [2.45, 2.75) is 51.6 Å². The first-order valence-electron chi connectivity index (χ1n) is 14.4. The summed E-state index contributed by atoms with van der Waals surface area (Å²) in [5, 5.41) is 0. The maximum Gasteiger partial charge on any atom is 0.173 e. The molecule has 6 heteroatoms. The first-order chi connectivity index (χ1) is 18.8. The fourth-order valence-corrected chi connectivity index (χ4v) is 5.82. The van der Waals surface area contributed by atoms with Crippen LogP contribution in [0.15, 0.2) is 97.6 Å². The molecule has 0 unspecified atom stereocenters. The van der Waals surface area contributed by atoms with E-state index in [-0.39, 0.29) is 34.0 Å². The summed E-state index contributed by atoms with van der Waals surface area (Å²) in [6.07, 6.45) is 16.3. The topological polar surface area (TPSA) is 14.2 Å². The standard InChI is InChI=1S/C34H40N4.2BrH/c1-2-20-37(19-1)33-15-23-35(24-16-33)27-31-11-7-29(8-12-31)5-6-30-9-13-32(14-10-30)28-36-25-17-34(18-26-36)38-21-3-4-22-38;;/h7-18,23-26H,1-6,19-22,27-28H2;2*1H/q+2;;/p-2. The molecule has 210 valence electrons. The highest BCUT2D eigenvalue weighted by Gasteiger charge is 2.15. The van der Waals surface area contributed by atoms with Gasteiger partial charge in [0, 0.05) is 72.9 Å². The molecular weight excluding hydrogens is 624 g/mol. The van der Waals surface area contributed by atoms with Gasteiger partial charge in [0.2, 0.25) is 0 Å². The molecule has 2 aromatic heterocycles. The Bertz CT molecular complexity index is 1190. The van der Waals surface area contributed by atoms with Crippen LogP contribution in [0.1, 0.15) is 47.9 Å². The number of halogens is 2. The van der Waals surface area contributed by atoms with Gasteiger partial charge in [-0.3, -0.25) is 0 Å². The Kier molecular flexibility index (Phi) is 11.2. The SMILES string of the molecule is [Br-].[Br-].c1cc(C[n+]2ccc(N3CCCC3)cc2)ccc1CCc1ccc(C[n+]2ccc(N3CCCC3)cc2)cc1. The molecule has 2 aliphatic heterocycles. The normalized spacial score (nSPS) is 14.6. The van der Waals surface area contributed by atoms with E-state index in [0.717, 1.165) is 25.9 Å². The van der Waals surface area contributed by atoms with Crippen molar-refractivity contribution < 1.29 is 43.1 Å². The van der Waals surface area contributed by atoms with Crippen LogP contribution in [0.25, 0.3) is 0 Å². The lowest BCUT2D eigenvalue weighted by Crippen LogP contribution is -3.00. The third kappa shape index (κ3) is 7.94. The van der Waals surface area contributed by atoms with Gasteiger partial charge in [0.1, 0.15) is 0 Å². The van der Waals surface area contributed by atoms with E-state index in [1.165, 1.54) is 85.5 Å². The van der Waals surface area contributed by atoms with Crippen molar-refractivity contribution in [1.29, 1.82) is 0 Å². The third-order valence-electron chi connectivity index (χ3n) is 8.17. The predicted molar refractivity (Wildman–Crippen MR) is 155 cm³/mol. The molecule has 0 spiro atoms. The zero-order valence-electron chi connectivity index (χ0n) is 23.3. The lowest BCUT2D eigenvalue weighted by molar-refractivity contribution is -0.688. The first kappa shape index (κ1) is 30.3. The van der Waals surface area contributed by atoms with Gasteiger partial charge < -0.3 is 43.8 Å². The van der Waals surface area contributed by atoms with E-state index in [1.807, 2.05) is 0 Å². The second-order valence-corrected chi connectivity index (χ2v) is 11.0. The Hall–Kier alpha value is -2.70. The predicted octanol–water partition coefficient (Wildman–Crippen LogP) is -0.648. The Morgan fingerprint density at radius 3 is 1.05 bits per heavy atom. The van der Waals surface area contributed by atoms with Crippen LogP contribution in [0.4, 0.5) is 11.4 Å². The highest BCUT2D eigenvalue weighted by molar-refractivity contribution is 5.45. The molecule has 0 amide bonds. The molecule has 2 aromatic carbocycles. The van der Waals surface area contributed by atoms with Gasteiger partial charge >= 0.3 is 0 Å². The van der Waals surface area contributed by atoms with Gasteiger partial charge in [-0.1, -0.05) is 48.5 Å². The molecule has 0 atom stereocenters. The number of anilines is 2. The summed E-state index contributed by atoms with van der Waals surface area (Å²) in [5.41, 5.74) is 8.22. The van der Waals surface area contributed by atoms with Crippen molar-refractivity contribution in [3.8, 4) is 0 Å². The molecule has 0 radical (unpaired) electrons. The molecule has 2 fully saturated rings. The number of benzene rings is 2. The van der Waals surface area contributed by atoms with Crippen molar-refractivity contribution in [3.05, 3.63) is 120 Å². The lowest BCUT2D eigenvalue weighted by Gasteiger charge is -2.16. The molecule has 4 nitrogen and oxygen atoms in total. The fourth-order valence-electron chi connectivity index (χ4n) is 5.82. The Balaban J connectivity index is 0.00000185. The molecular formula is C34H40Br2N4. The smallest absolute Gasteiger partial charge is 0.173 e. The number of rotatable bonds is 9. The van der Waals surface area contributed by atoms with Crippen molar-refractivity contribution >= 4 is 11.4 Å². The van der Waals surface area contributed by atoms with Gasteiger partial charge in [-0.15, -0.1) is 0 Å². The largest absolute Gasteiger partial charge is 1.00 e. The maximum absolute atomic E-state index is 2.49. The van der Waals surface area contributed by atoms with E-state index in [1.54, 1.807) is 0 Å². The van der Waals surface area contributed by atoms with Crippen molar-refractivity contribution in [3.63, 3.8) is 0 Å². The number of aromatic nitrogens is 2. The van der Waals surface area contributed by atoms with Gasteiger partial charge in [-0.2, -0.15) is 0 Å². The summed E-state index contributed by atoms with van der Waals surface area (Å²) in [6.45, 7) is 6.62. The maximum atomic E-state index is 2.49. The average Bonchev–Trinajstić information content (AvgIpc) is 3.70. The van der Waals surface area contributed by atoms with E-state index in [4.69, 9.17) is 0 Å². The van der Waals surface area contributed by atoms with E-state index < -0.39 is 0 Å². The molecule has 0 saturated carbocycles. The van der Waals surface area contributed by atoms with E-state index >= 15 is 0 Å². The molecule has 4 heterocycles. The molecule has 4 aromatic rings. The van der Waals surface area contributed by atoms with Crippen LogP contribution in [0.2, 0.25) is 0 Å². The fraction of sp³-hybridized carbons (Fsp3) is 0.353. The average molecular weight is 665 g/mol. The minimum absolute atomic E-state index is 0. The van der Waals surface area contributed by atoms with Crippen LogP contribution in [-0.4, -0.2) is 26.2 Å². The quantitative estimate of drug-likeness (QED) is 0.221. The summed E-state index contributed by atoms with van der Waals surface area (Å²) in [7, 11) is 0. The number of nitrogens with zero attached hydrogens (tertiary/aromatic N) is 4. The van der Waals surface area contributed by atoms with E-state index in [9.17, 15) is 0 Å². The summed E-state index contributed by atoms with van der Waals surface area (Å²) in [4.78, 5) is 4.97. The first-order valence-corrected chi connectivity index (χ1v) is 14.4. The zero-order valence-corrected chi connectivity index (χ0v) is 26.4. The molecule has 2 saturated heterocycles. The Labute approximate surface area is 260 Å². The van der Waals surface area contributed by atoms with Crippen LogP contribution in [0, 0.1) is 0 Å². The minimum atomic E-state index is 0. The number of aryl methyl sites for hydroxylation is 2. The summed E-state index contributed by atoms with van der Waals surface area (Å²) in [5.74, 6) is 0. The van der Waals surface area contributed by atoms with Crippen molar-refractivity contribution in [1.82, 2.24) is 0 Å². The molecule has 0 N–H and O–H groups in total. The summed E-state index contributed by atoms with van der Waals surface area (Å²) < 4.78 is 4.55. The summed E-state index contributed by atoms with van der Waals surface area (Å²) >= 11 is 0. The van der Waals surface area contributed by atoms with Gasteiger partial charge in [-0.25, -0.2) is 9.13 Å². The van der Waals surface area contributed by atoms with Gasteiger partial charge in [0.05, 0.1) is 0 Å².